The number of hydrogen-bond acceptors (Lipinski definition) is 6. The number of morpholine rings is 2. The summed E-state index contributed by atoms with van der Waals surface area (Å²) < 4.78 is 11.1. The third kappa shape index (κ3) is 4.48. The van der Waals surface area contributed by atoms with Gasteiger partial charge in [0.05, 0.1) is 43.4 Å². The Kier molecular flexibility index (Phi) is 6.77. The predicted octanol–water partition coefficient (Wildman–Crippen LogP) is 3.36. The lowest BCUT2D eigenvalue weighted by molar-refractivity contribution is -0.0300. The van der Waals surface area contributed by atoms with E-state index in [4.69, 9.17) is 21.1 Å². The van der Waals surface area contributed by atoms with Crippen LogP contribution >= 0.6 is 22.9 Å². The molecular formula is C21H25ClN2O3S. The molecule has 4 rings (SSSR count). The quantitative estimate of drug-likeness (QED) is 0.670. The first-order chi connectivity index (χ1) is 13.7. The summed E-state index contributed by atoms with van der Waals surface area (Å²) in [4.78, 5) is 19.1. The first kappa shape index (κ1) is 20.0. The molecule has 0 N–H and O–H groups in total. The number of nitrogens with zero attached hydrogens (tertiary/aromatic N) is 2. The monoisotopic (exact) mass is 420 g/mol. The Morgan fingerprint density at radius 3 is 2.25 bits per heavy atom. The van der Waals surface area contributed by atoms with Gasteiger partial charge in [0.1, 0.15) is 0 Å². The van der Waals surface area contributed by atoms with Gasteiger partial charge in [-0.05, 0) is 29.1 Å². The first-order valence-corrected chi connectivity index (χ1v) is 11.0. The molecule has 2 fully saturated rings. The molecule has 150 valence electrons. The minimum absolute atomic E-state index is 0.0738. The van der Waals surface area contributed by atoms with E-state index >= 15 is 0 Å². The number of carbonyl (C=O) groups is 1. The van der Waals surface area contributed by atoms with Gasteiger partial charge in [0.2, 0.25) is 0 Å². The Bertz CT molecular complexity index is 774. The molecule has 1 aromatic carbocycles. The van der Waals surface area contributed by atoms with Crippen LogP contribution < -0.4 is 0 Å². The first-order valence-electron chi connectivity index (χ1n) is 9.71. The van der Waals surface area contributed by atoms with Gasteiger partial charge >= 0.3 is 0 Å². The van der Waals surface area contributed by atoms with Crippen LogP contribution in [0.4, 0.5) is 0 Å². The molecule has 0 radical (unpaired) electrons. The van der Waals surface area contributed by atoms with E-state index < -0.39 is 0 Å². The van der Waals surface area contributed by atoms with Gasteiger partial charge < -0.3 is 9.47 Å². The highest BCUT2D eigenvalue weighted by Crippen LogP contribution is 2.33. The molecule has 2 unspecified atom stereocenters. The third-order valence-electron chi connectivity index (χ3n) is 5.40. The second-order valence-electron chi connectivity index (χ2n) is 7.08. The van der Waals surface area contributed by atoms with Crippen LogP contribution in [0.15, 0.2) is 41.8 Å². The zero-order valence-corrected chi connectivity index (χ0v) is 17.3. The molecule has 2 aliphatic heterocycles. The molecule has 0 amide bonds. The molecular weight excluding hydrogens is 396 g/mol. The van der Waals surface area contributed by atoms with Gasteiger partial charge in [0.15, 0.2) is 5.78 Å². The van der Waals surface area contributed by atoms with Crippen molar-refractivity contribution in [3.05, 3.63) is 57.2 Å². The number of ether oxygens (including phenoxy) is 2. The van der Waals surface area contributed by atoms with E-state index in [-0.39, 0.29) is 17.9 Å². The molecule has 0 bridgehead atoms. The molecule has 7 heteroatoms. The van der Waals surface area contributed by atoms with Crippen LogP contribution in [0.2, 0.25) is 5.02 Å². The van der Waals surface area contributed by atoms with Crippen molar-refractivity contribution in [3.63, 3.8) is 0 Å². The molecule has 5 nitrogen and oxygen atoms in total. The Balaban J connectivity index is 1.76. The summed E-state index contributed by atoms with van der Waals surface area (Å²) >= 11 is 7.85. The second kappa shape index (κ2) is 9.48. The fourth-order valence-electron chi connectivity index (χ4n) is 4.07. The number of hydrogen-bond donors (Lipinski definition) is 0. The van der Waals surface area contributed by atoms with Crippen LogP contribution in [0.25, 0.3) is 0 Å². The average Bonchev–Trinajstić information content (AvgIpc) is 3.28. The Hall–Kier alpha value is -1.28. The Labute approximate surface area is 174 Å². The molecule has 3 heterocycles. The molecule has 2 aromatic rings. The lowest BCUT2D eigenvalue weighted by Gasteiger charge is -2.44. The molecule has 28 heavy (non-hydrogen) atoms. The largest absolute Gasteiger partial charge is 0.379 e. The van der Waals surface area contributed by atoms with E-state index in [0.29, 0.717) is 31.5 Å². The van der Waals surface area contributed by atoms with E-state index in [0.717, 1.165) is 36.6 Å². The van der Waals surface area contributed by atoms with Crippen molar-refractivity contribution in [2.75, 3.05) is 52.6 Å². The maximum absolute atomic E-state index is 13.7. The van der Waals surface area contributed by atoms with Gasteiger partial charge in [0.25, 0.3) is 0 Å². The van der Waals surface area contributed by atoms with Gasteiger partial charge in [0, 0.05) is 31.2 Å². The SMILES string of the molecule is O=C(c1cccs1)C(C(c1cccc(Cl)c1)N1CCOCC1)N1CCOCC1. The molecule has 1 aromatic heterocycles. The minimum Gasteiger partial charge on any atom is -0.379 e. The molecule has 2 atom stereocenters. The zero-order valence-electron chi connectivity index (χ0n) is 15.8. The molecule has 2 aliphatic rings. The van der Waals surface area contributed by atoms with Crippen molar-refractivity contribution in [2.24, 2.45) is 0 Å². The second-order valence-corrected chi connectivity index (χ2v) is 8.47. The fraction of sp³-hybridized carbons (Fsp3) is 0.476. The molecule has 0 saturated carbocycles. The van der Waals surface area contributed by atoms with Crippen LogP contribution in [0.1, 0.15) is 21.3 Å². The maximum Gasteiger partial charge on any atom is 0.191 e. The summed E-state index contributed by atoms with van der Waals surface area (Å²) in [5.74, 6) is 0.174. The van der Waals surface area contributed by atoms with Crippen LogP contribution in [0.5, 0.6) is 0 Å². The number of Topliss-reactive ketones (excluding diaryl/α,β-unsaturated/α-hetero) is 1. The summed E-state index contributed by atoms with van der Waals surface area (Å²) in [5, 5.41) is 2.66. The lowest BCUT2D eigenvalue weighted by atomic mass is 9.91. The fourth-order valence-corrected chi connectivity index (χ4v) is 4.96. The highest BCUT2D eigenvalue weighted by atomic mass is 35.5. The standard InChI is InChI=1S/C21H25ClN2O3S/c22-17-4-1-3-16(15-17)19(23-6-10-26-11-7-23)20(24-8-12-27-13-9-24)21(25)18-5-2-14-28-18/h1-5,14-15,19-20H,6-13H2. The van der Waals surface area contributed by atoms with Crippen LogP contribution in [0, 0.1) is 0 Å². The zero-order chi connectivity index (χ0) is 19.3. The number of halogens is 1. The van der Waals surface area contributed by atoms with Crippen LogP contribution in [-0.2, 0) is 9.47 Å². The van der Waals surface area contributed by atoms with Crippen molar-refractivity contribution >= 4 is 28.7 Å². The van der Waals surface area contributed by atoms with Crippen molar-refractivity contribution in [1.82, 2.24) is 9.80 Å². The number of thiophene rings is 1. The van der Waals surface area contributed by atoms with Gasteiger partial charge in [-0.3, -0.25) is 14.6 Å². The van der Waals surface area contributed by atoms with E-state index in [1.807, 2.05) is 35.7 Å². The number of carbonyl (C=O) groups excluding carboxylic acids is 1. The molecule has 0 spiro atoms. The Morgan fingerprint density at radius 2 is 1.64 bits per heavy atom. The minimum atomic E-state index is -0.279. The van der Waals surface area contributed by atoms with Crippen molar-refractivity contribution in [2.45, 2.75) is 12.1 Å². The van der Waals surface area contributed by atoms with Crippen molar-refractivity contribution in [1.29, 1.82) is 0 Å². The van der Waals surface area contributed by atoms with E-state index in [1.165, 1.54) is 11.3 Å². The summed E-state index contributed by atoms with van der Waals surface area (Å²) in [5.41, 5.74) is 1.08. The van der Waals surface area contributed by atoms with E-state index in [1.54, 1.807) is 0 Å². The summed E-state index contributed by atoms with van der Waals surface area (Å²) in [7, 11) is 0. The highest BCUT2D eigenvalue weighted by Gasteiger charge is 2.40. The Morgan fingerprint density at radius 1 is 0.964 bits per heavy atom. The number of ketones is 1. The van der Waals surface area contributed by atoms with Gasteiger partial charge in [-0.2, -0.15) is 0 Å². The van der Waals surface area contributed by atoms with Crippen molar-refractivity contribution in [3.8, 4) is 0 Å². The maximum atomic E-state index is 13.7. The normalized spacial score (nSPS) is 21.3. The molecule has 2 saturated heterocycles. The van der Waals surface area contributed by atoms with Gasteiger partial charge in [-0.15, -0.1) is 11.3 Å². The summed E-state index contributed by atoms with van der Waals surface area (Å²) in [6.07, 6.45) is 0. The van der Waals surface area contributed by atoms with Gasteiger partial charge in [-0.1, -0.05) is 29.8 Å². The number of benzene rings is 1. The summed E-state index contributed by atoms with van der Waals surface area (Å²) in [6.45, 7) is 5.78. The topological polar surface area (TPSA) is 42.0 Å². The third-order valence-corrected chi connectivity index (χ3v) is 6.52. The highest BCUT2D eigenvalue weighted by molar-refractivity contribution is 7.12. The molecule has 0 aliphatic carbocycles. The van der Waals surface area contributed by atoms with Crippen LogP contribution in [-0.4, -0.2) is 74.2 Å². The lowest BCUT2D eigenvalue weighted by Crippen LogP contribution is -2.55. The predicted molar refractivity (Wildman–Crippen MR) is 111 cm³/mol. The van der Waals surface area contributed by atoms with Crippen LogP contribution in [0.3, 0.4) is 0 Å². The smallest absolute Gasteiger partial charge is 0.191 e. The van der Waals surface area contributed by atoms with Crippen molar-refractivity contribution < 1.29 is 14.3 Å². The average molecular weight is 421 g/mol. The van der Waals surface area contributed by atoms with E-state index in [9.17, 15) is 4.79 Å². The number of rotatable bonds is 6. The summed E-state index contributed by atoms with van der Waals surface area (Å²) in [6, 6.07) is 11.4. The van der Waals surface area contributed by atoms with E-state index in [2.05, 4.69) is 15.9 Å². The van der Waals surface area contributed by atoms with Gasteiger partial charge in [-0.25, -0.2) is 0 Å².